The van der Waals surface area contributed by atoms with Crippen LogP contribution in [0, 0.1) is 11.3 Å². The van der Waals surface area contributed by atoms with Crippen molar-refractivity contribution in [2.24, 2.45) is 0 Å². The first kappa shape index (κ1) is 26.4. The summed E-state index contributed by atoms with van der Waals surface area (Å²) in [5, 5.41) is 9.47. The van der Waals surface area contributed by atoms with Crippen LogP contribution in [0.25, 0.3) is 0 Å². The maximum Gasteiger partial charge on any atom is 0.419 e. The standard InChI is InChI=1S/C27H31N5O4S/c1-27(2,3)36-26(33)31-17-23(29-19-31)16-30-18-24(13-20-8-6-5-7-9-20)32(37(4,34)35)15-22-12-21(14-28)10-11-25(22)30/h5-12,17,19,24H,13,15-16,18H2,1-4H3. The monoisotopic (exact) mass is 521 g/mol. The zero-order valence-electron chi connectivity index (χ0n) is 21.5. The Morgan fingerprint density at radius 2 is 1.92 bits per heavy atom. The van der Waals surface area contributed by atoms with Crippen LogP contribution in [0.3, 0.4) is 0 Å². The van der Waals surface area contributed by atoms with E-state index in [0.717, 1.165) is 16.8 Å². The molecule has 0 radical (unpaired) electrons. The molecule has 0 spiro atoms. The minimum atomic E-state index is -3.56. The highest BCUT2D eigenvalue weighted by Crippen LogP contribution is 2.32. The second-order valence-corrected chi connectivity index (χ2v) is 12.2. The quantitative estimate of drug-likeness (QED) is 0.500. The molecule has 3 aromatic rings. The van der Waals surface area contributed by atoms with Gasteiger partial charge in [0.15, 0.2) is 0 Å². The summed E-state index contributed by atoms with van der Waals surface area (Å²) in [6.45, 7) is 6.30. The number of rotatable bonds is 5. The second kappa shape index (κ2) is 10.4. The molecule has 2 aromatic carbocycles. The molecule has 0 saturated heterocycles. The molecule has 9 nitrogen and oxygen atoms in total. The van der Waals surface area contributed by atoms with Crippen LogP contribution in [-0.4, -0.2) is 52.8 Å². The first-order valence-electron chi connectivity index (χ1n) is 12.0. The lowest BCUT2D eigenvalue weighted by Gasteiger charge is -2.31. The number of nitrogens with zero attached hydrogens (tertiary/aromatic N) is 5. The van der Waals surface area contributed by atoms with Crippen LogP contribution in [0.1, 0.15) is 43.2 Å². The summed E-state index contributed by atoms with van der Waals surface area (Å²) in [7, 11) is -3.56. The zero-order chi connectivity index (χ0) is 26.8. The molecule has 10 heteroatoms. The van der Waals surface area contributed by atoms with Gasteiger partial charge in [0.05, 0.1) is 30.1 Å². The first-order valence-corrected chi connectivity index (χ1v) is 13.8. The molecule has 37 heavy (non-hydrogen) atoms. The fraction of sp³-hybridized carbons (Fsp3) is 0.370. The molecule has 1 atom stereocenters. The van der Waals surface area contributed by atoms with Crippen molar-refractivity contribution in [2.75, 3.05) is 17.7 Å². The molecule has 1 aliphatic heterocycles. The van der Waals surface area contributed by atoms with Crippen molar-refractivity contribution in [2.45, 2.75) is 51.9 Å². The Labute approximate surface area is 218 Å². The maximum absolute atomic E-state index is 12.9. The van der Waals surface area contributed by atoms with Gasteiger partial charge in [-0.3, -0.25) is 0 Å². The topological polar surface area (TPSA) is 109 Å². The lowest BCUT2D eigenvalue weighted by molar-refractivity contribution is 0.0536. The lowest BCUT2D eigenvalue weighted by atomic mass is 10.1. The van der Waals surface area contributed by atoms with Crippen LogP contribution >= 0.6 is 0 Å². The van der Waals surface area contributed by atoms with Gasteiger partial charge in [-0.1, -0.05) is 30.3 Å². The Morgan fingerprint density at radius 3 is 2.57 bits per heavy atom. The van der Waals surface area contributed by atoms with Gasteiger partial charge in [0.1, 0.15) is 11.9 Å². The van der Waals surface area contributed by atoms with Crippen LogP contribution in [0.5, 0.6) is 0 Å². The molecule has 0 saturated carbocycles. The number of carbonyl (C=O) groups excluding carboxylic acids is 1. The fourth-order valence-corrected chi connectivity index (χ4v) is 5.53. The molecule has 1 aliphatic rings. The number of ether oxygens (including phenoxy) is 1. The average molecular weight is 522 g/mol. The Hall–Kier alpha value is -3.68. The second-order valence-electron chi connectivity index (χ2n) is 10.2. The molecule has 0 bridgehead atoms. The fourth-order valence-electron chi connectivity index (χ4n) is 4.48. The number of hydrogen-bond acceptors (Lipinski definition) is 7. The number of aromatic nitrogens is 2. The van der Waals surface area contributed by atoms with Gasteiger partial charge in [0.25, 0.3) is 0 Å². The normalized spacial score (nSPS) is 16.5. The van der Waals surface area contributed by atoms with E-state index in [9.17, 15) is 18.5 Å². The van der Waals surface area contributed by atoms with Crippen LogP contribution in [0.15, 0.2) is 61.1 Å². The van der Waals surface area contributed by atoms with E-state index in [1.807, 2.05) is 36.4 Å². The highest BCUT2D eigenvalue weighted by atomic mass is 32.2. The minimum absolute atomic E-state index is 0.157. The highest BCUT2D eigenvalue weighted by Gasteiger charge is 2.34. The molecule has 2 heterocycles. The molecule has 0 aliphatic carbocycles. The largest absolute Gasteiger partial charge is 0.443 e. The molecule has 1 aromatic heterocycles. The molecule has 4 rings (SSSR count). The van der Waals surface area contributed by atoms with Crippen molar-refractivity contribution in [1.29, 1.82) is 5.26 Å². The van der Waals surface area contributed by atoms with E-state index in [2.05, 4.69) is 16.0 Å². The van der Waals surface area contributed by atoms with Crippen molar-refractivity contribution >= 4 is 21.8 Å². The minimum Gasteiger partial charge on any atom is -0.443 e. The molecular formula is C27H31N5O4S. The number of anilines is 1. The van der Waals surface area contributed by atoms with Gasteiger partial charge >= 0.3 is 6.09 Å². The number of benzene rings is 2. The summed E-state index contributed by atoms with van der Waals surface area (Å²) in [6, 6.07) is 16.9. The summed E-state index contributed by atoms with van der Waals surface area (Å²) in [5.74, 6) is 0. The molecule has 0 fully saturated rings. The van der Waals surface area contributed by atoms with E-state index in [1.54, 1.807) is 39.1 Å². The Kier molecular flexibility index (Phi) is 7.39. The van der Waals surface area contributed by atoms with Crippen LogP contribution in [0.4, 0.5) is 10.5 Å². The zero-order valence-corrected chi connectivity index (χ0v) is 22.3. The third kappa shape index (κ3) is 6.56. The summed E-state index contributed by atoms with van der Waals surface area (Å²) in [4.78, 5) is 19.0. The average Bonchev–Trinajstić information content (AvgIpc) is 3.23. The van der Waals surface area contributed by atoms with Crippen LogP contribution in [-0.2, 0) is 34.3 Å². The van der Waals surface area contributed by atoms with Gasteiger partial charge in [-0.25, -0.2) is 22.8 Å². The Morgan fingerprint density at radius 1 is 1.19 bits per heavy atom. The first-order chi connectivity index (χ1) is 17.4. The van der Waals surface area contributed by atoms with Crippen molar-refractivity contribution in [1.82, 2.24) is 13.9 Å². The number of nitriles is 1. The predicted octanol–water partition coefficient (Wildman–Crippen LogP) is 3.93. The Balaban J connectivity index is 1.70. The van der Waals surface area contributed by atoms with Crippen molar-refractivity contribution in [3.8, 4) is 6.07 Å². The van der Waals surface area contributed by atoms with Gasteiger partial charge in [0.2, 0.25) is 10.0 Å². The SMILES string of the molecule is CC(C)(C)OC(=O)n1cnc(CN2CC(Cc3ccccc3)N(S(C)(=O)=O)Cc3cc(C#N)ccc32)c1. The highest BCUT2D eigenvalue weighted by molar-refractivity contribution is 7.88. The smallest absolute Gasteiger partial charge is 0.419 e. The van der Waals surface area contributed by atoms with E-state index in [-0.39, 0.29) is 12.6 Å². The van der Waals surface area contributed by atoms with Gasteiger partial charge in [-0.2, -0.15) is 9.57 Å². The number of carbonyl (C=O) groups is 1. The van der Waals surface area contributed by atoms with E-state index in [0.29, 0.717) is 30.8 Å². The third-order valence-electron chi connectivity index (χ3n) is 6.05. The third-order valence-corrected chi connectivity index (χ3v) is 7.33. The van der Waals surface area contributed by atoms with Crippen LogP contribution < -0.4 is 4.90 Å². The van der Waals surface area contributed by atoms with E-state index < -0.39 is 21.7 Å². The van der Waals surface area contributed by atoms with Gasteiger partial charge in [0, 0.05) is 31.0 Å². The molecular weight excluding hydrogens is 490 g/mol. The number of fused-ring (bicyclic) bond motifs is 1. The maximum atomic E-state index is 12.9. The van der Waals surface area contributed by atoms with Crippen molar-refractivity contribution in [3.63, 3.8) is 0 Å². The van der Waals surface area contributed by atoms with Crippen LogP contribution in [0.2, 0.25) is 0 Å². The van der Waals surface area contributed by atoms with Gasteiger partial charge in [-0.15, -0.1) is 0 Å². The van der Waals surface area contributed by atoms with E-state index >= 15 is 0 Å². The molecule has 0 N–H and O–H groups in total. The molecule has 0 amide bonds. The van der Waals surface area contributed by atoms with Crippen molar-refractivity contribution < 1.29 is 17.9 Å². The number of hydrogen-bond donors (Lipinski definition) is 0. The Bertz CT molecular complexity index is 1420. The summed E-state index contributed by atoms with van der Waals surface area (Å²) < 4.78 is 34.1. The lowest BCUT2D eigenvalue weighted by Crippen LogP contribution is -2.45. The van der Waals surface area contributed by atoms with Crippen molar-refractivity contribution in [3.05, 3.63) is 83.4 Å². The summed E-state index contributed by atoms with van der Waals surface area (Å²) >= 11 is 0. The number of imidazole rings is 1. The molecule has 194 valence electrons. The molecule has 1 unspecified atom stereocenters. The van der Waals surface area contributed by atoms with Gasteiger partial charge < -0.3 is 9.64 Å². The predicted molar refractivity (Wildman–Crippen MR) is 140 cm³/mol. The summed E-state index contributed by atoms with van der Waals surface area (Å²) in [6.07, 6.45) is 4.27. The number of sulfonamides is 1. The summed E-state index contributed by atoms with van der Waals surface area (Å²) in [5.41, 5.74) is 3.06. The van der Waals surface area contributed by atoms with E-state index in [1.165, 1.54) is 21.5 Å². The van der Waals surface area contributed by atoms with E-state index in [4.69, 9.17) is 4.74 Å². The van der Waals surface area contributed by atoms with Gasteiger partial charge in [-0.05, 0) is 56.5 Å².